The molecule has 1 aliphatic rings. The quantitative estimate of drug-likeness (QED) is 0.878. The molecule has 2 aromatic rings. The predicted octanol–water partition coefficient (Wildman–Crippen LogP) is 0.844. The van der Waals surface area contributed by atoms with E-state index >= 15 is 0 Å². The molecule has 21 heavy (non-hydrogen) atoms. The van der Waals surface area contributed by atoms with E-state index in [9.17, 15) is 9.59 Å². The first-order valence-corrected chi connectivity index (χ1v) is 7.20. The molecule has 0 radical (unpaired) electrons. The van der Waals surface area contributed by atoms with Crippen LogP contribution in [0.25, 0.3) is 11.0 Å². The molecule has 6 nitrogen and oxygen atoms in total. The Kier molecular flexibility index (Phi) is 3.85. The van der Waals surface area contributed by atoms with Gasteiger partial charge in [0.1, 0.15) is 5.82 Å². The van der Waals surface area contributed by atoms with Crippen molar-refractivity contribution in [3.05, 3.63) is 30.1 Å². The first-order valence-electron chi connectivity index (χ1n) is 7.20. The van der Waals surface area contributed by atoms with E-state index in [0.717, 1.165) is 16.9 Å². The van der Waals surface area contributed by atoms with Gasteiger partial charge in [0, 0.05) is 38.9 Å². The topological polar surface area (TPSA) is 78.1 Å². The number of aromatic amines is 1. The van der Waals surface area contributed by atoms with Crippen molar-refractivity contribution in [1.82, 2.24) is 20.2 Å². The number of nitrogens with zero attached hydrogens (tertiary/aromatic N) is 2. The second-order valence-electron chi connectivity index (χ2n) is 5.18. The van der Waals surface area contributed by atoms with E-state index in [0.29, 0.717) is 38.9 Å². The maximum Gasteiger partial charge on any atom is 0.223 e. The molecule has 1 aromatic heterocycles. The fourth-order valence-corrected chi connectivity index (χ4v) is 2.52. The van der Waals surface area contributed by atoms with Gasteiger partial charge < -0.3 is 15.2 Å². The minimum absolute atomic E-state index is 0.0163. The highest BCUT2D eigenvalue weighted by Crippen LogP contribution is 2.12. The van der Waals surface area contributed by atoms with Gasteiger partial charge in [-0.1, -0.05) is 12.1 Å². The largest absolute Gasteiger partial charge is 0.354 e. The number of carbonyl (C=O) groups is 2. The van der Waals surface area contributed by atoms with Crippen LogP contribution in [0.5, 0.6) is 0 Å². The molecular weight excluding hydrogens is 268 g/mol. The molecule has 0 aliphatic carbocycles. The number of rotatable bonds is 3. The van der Waals surface area contributed by atoms with Crippen LogP contribution in [0.3, 0.4) is 0 Å². The van der Waals surface area contributed by atoms with Gasteiger partial charge >= 0.3 is 0 Å². The number of imidazole rings is 1. The number of amides is 2. The Hall–Kier alpha value is -2.37. The maximum atomic E-state index is 12.2. The first-order chi connectivity index (χ1) is 10.2. The molecule has 0 spiro atoms. The van der Waals surface area contributed by atoms with Gasteiger partial charge in [-0.25, -0.2) is 4.98 Å². The van der Waals surface area contributed by atoms with Crippen molar-refractivity contribution in [2.75, 3.05) is 19.6 Å². The van der Waals surface area contributed by atoms with Crippen molar-refractivity contribution >= 4 is 22.8 Å². The number of benzene rings is 1. The lowest BCUT2D eigenvalue weighted by atomic mass is 10.2. The Bertz CT molecular complexity index is 631. The van der Waals surface area contributed by atoms with Crippen LogP contribution >= 0.6 is 0 Å². The first kappa shape index (κ1) is 13.6. The normalized spacial score (nSPS) is 15.8. The second-order valence-corrected chi connectivity index (χ2v) is 5.18. The fraction of sp³-hybridized carbons (Fsp3) is 0.400. The number of carbonyl (C=O) groups excluding carboxylic acids is 2. The number of aromatic nitrogens is 2. The number of nitrogens with one attached hydrogen (secondary N) is 2. The Morgan fingerprint density at radius 1 is 1.29 bits per heavy atom. The lowest BCUT2D eigenvalue weighted by molar-refractivity contribution is -0.131. The fourth-order valence-electron chi connectivity index (χ4n) is 2.52. The molecule has 1 saturated heterocycles. The number of hydrogen-bond acceptors (Lipinski definition) is 3. The zero-order valence-corrected chi connectivity index (χ0v) is 11.8. The molecule has 6 heteroatoms. The van der Waals surface area contributed by atoms with E-state index in [-0.39, 0.29) is 11.8 Å². The summed E-state index contributed by atoms with van der Waals surface area (Å²) < 4.78 is 0. The Balaban J connectivity index is 1.58. The van der Waals surface area contributed by atoms with Crippen LogP contribution in [0.1, 0.15) is 18.7 Å². The summed E-state index contributed by atoms with van der Waals surface area (Å²) in [4.78, 5) is 32.9. The van der Waals surface area contributed by atoms with Crippen LogP contribution in [0, 0.1) is 0 Å². The number of fused-ring (bicyclic) bond motifs is 1. The number of para-hydroxylation sites is 2. The molecule has 0 unspecified atom stereocenters. The third-order valence-corrected chi connectivity index (χ3v) is 3.68. The highest BCUT2D eigenvalue weighted by atomic mass is 16.2. The molecule has 0 atom stereocenters. The van der Waals surface area contributed by atoms with E-state index in [1.165, 1.54) is 0 Å². The van der Waals surface area contributed by atoms with Crippen LogP contribution in [0.15, 0.2) is 24.3 Å². The number of H-pyrrole nitrogens is 1. The van der Waals surface area contributed by atoms with Crippen LogP contribution in [0.4, 0.5) is 0 Å². The lowest BCUT2D eigenvalue weighted by Crippen LogP contribution is -2.34. The van der Waals surface area contributed by atoms with Crippen molar-refractivity contribution in [2.24, 2.45) is 0 Å². The van der Waals surface area contributed by atoms with Gasteiger partial charge in [0.2, 0.25) is 11.8 Å². The van der Waals surface area contributed by atoms with Crippen LogP contribution < -0.4 is 5.32 Å². The monoisotopic (exact) mass is 286 g/mol. The van der Waals surface area contributed by atoms with E-state index < -0.39 is 0 Å². The maximum absolute atomic E-state index is 12.2. The highest BCUT2D eigenvalue weighted by Gasteiger charge is 2.18. The minimum atomic E-state index is 0.0163. The van der Waals surface area contributed by atoms with Crippen LogP contribution in [-0.2, 0) is 16.0 Å². The minimum Gasteiger partial charge on any atom is -0.354 e. The zero-order valence-electron chi connectivity index (χ0n) is 11.8. The summed E-state index contributed by atoms with van der Waals surface area (Å²) in [5.74, 6) is 0.920. The van der Waals surface area contributed by atoms with E-state index in [2.05, 4.69) is 15.3 Å². The Labute approximate surface area is 122 Å². The van der Waals surface area contributed by atoms with Crippen molar-refractivity contribution in [1.29, 1.82) is 0 Å². The third kappa shape index (κ3) is 3.21. The van der Waals surface area contributed by atoms with Gasteiger partial charge in [0.25, 0.3) is 0 Å². The van der Waals surface area contributed by atoms with E-state index in [4.69, 9.17) is 0 Å². The SMILES string of the molecule is O=C1CCN(C(=O)CCc2nc3ccccc3[nH]2)CCN1. The summed E-state index contributed by atoms with van der Waals surface area (Å²) in [5, 5.41) is 2.77. The van der Waals surface area contributed by atoms with Crippen molar-refractivity contribution in [2.45, 2.75) is 19.3 Å². The van der Waals surface area contributed by atoms with Gasteiger partial charge in [-0.05, 0) is 12.1 Å². The highest BCUT2D eigenvalue weighted by molar-refractivity contribution is 5.80. The summed E-state index contributed by atoms with van der Waals surface area (Å²) in [5.41, 5.74) is 1.91. The Morgan fingerprint density at radius 2 is 2.14 bits per heavy atom. The zero-order chi connectivity index (χ0) is 14.7. The van der Waals surface area contributed by atoms with Gasteiger partial charge in [-0.2, -0.15) is 0 Å². The second kappa shape index (κ2) is 5.95. The number of aryl methyl sites for hydroxylation is 1. The molecule has 1 fully saturated rings. The molecule has 0 saturated carbocycles. The molecule has 0 bridgehead atoms. The molecule has 2 heterocycles. The van der Waals surface area contributed by atoms with Crippen molar-refractivity contribution in [3.8, 4) is 0 Å². The number of hydrogen-bond donors (Lipinski definition) is 2. The van der Waals surface area contributed by atoms with Gasteiger partial charge in [-0.3, -0.25) is 9.59 Å². The molecular formula is C15H18N4O2. The summed E-state index contributed by atoms with van der Waals surface area (Å²) in [6, 6.07) is 7.82. The lowest BCUT2D eigenvalue weighted by Gasteiger charge is -2.19. The predicted molar refractivity (Wildman–Crippen MR) is 78.6 cm³/mol. The average molecular weight is 286 g/mol. The van der Waals surface area contributed by atoms with Crippen molar-refractivity contribution < 1.29 is 9.59 Å². The van der Waals surface area contributed by atoms with Gasteiger partial charge in [0.15, 0.2) is 0 Å². The Morgan fingerprint density at radius 3 is 3.00 bits per heavy atom. The smallest absolute Gasteiger partial charge is 0.223 e. The van der Waals surface area contributed by atoms with Gasteiger partial charge in [-0.15, -0.1) is 0 Å². The van der Waals surface area contributed by atoms with Crippen LogP contribution in [-0.4, -0.2) is 46.3 Å². The molecule has 1 aromatic carbocycles. The molecule has 2 amide bonds. The molecule has 3 rings (SSSR count). The molecule has 2 N–H and O–H groups in total. The summed E-state index contributed by atoms with van der Waals surface area (Å²) in [7, 11) is 0. The van der Waals surface area contributed by atoms with Crippen LogP contribution in [0.2, 0.25) is 0 Å². The summed E-state index contributed by atoms with van der Waals surface area (Å²) in [6.07, 6.45) is 1.38. The third-order valence-electron chi connectivity index (χ3n) is 3.68. The van der Waals surface area contributed by atoms with E-state index in [1.54, 1.807) is 4.90 Å². The average Bonchev–Trinajstić information content (AvgIpc) is 2.78. The van der Waals surface area contributed by atoms with E-state index in [1.807, 2.05) is 24.3 Å². The summed E-state index contributed by atoms with van der Waals surface area (Å²) in [6.45, 7) is 1.63. The molecule has 110 valence electrons. The summed E-state index contributed by atoms with van der Waals surface area (Å²) >= 11 is 0. The standard InChI is InChI=1S/C15H18N4O2/c20-14-7-9-19(10-8-16-14)15(21)6-5-13-17-11-3-1-2-4-12(11)18-13/h1-4H,5-10H2,(H,16,20)(H,17,18). The van der Waals surface area contributed by atoms with Gasteiger partial charge in [0.05, 0.1) is 11.0 Å². The van der Waals surface area contributed by atoms with Crippen molar-refractivity contribution in [3.63, 3.8) is 0 Å². The molecule has 1 aliphatic heterocycles.